The molecule has 1 aliphatic heterocycles. The first-order chi connectivity index (χ1) is 14.7. The number of hydrogen-bond donors (Lipinski definition) is 0. The van der Waals surface area contributed by atoms with Gasteiger partial charge in [0.15, 0.2) is 9.84 Å². The number of anilines is 1. The predicted molar refractivity (Wildman–Crippen MR) is 119 cm³/mol. The fourth-order valence-corrected chi connectivity index (χ4v) is 4.51. The van der Waals surface area contributed by atoms with Crippen molar-refractivity contribution in [3.05, 3.63) is 47.3 Å². The maximum Gasteiger partial charge on any atom is 0.254 e. The third-order valence-corrected chi connectivity index (χ3v) is 6.61. The molecule has 1 saturated heterocycles. The highest BCUT2D eigenvalue weighted by atomic mass is 32.2. The molecule has 31 heavy (non-hydrogen) atoms. The first-order valence-corrected chi connectivity index (χ1v) is 12.3. The quantitative estimate of drug-likeness (QED) is 0.644. The number of rotatable bonds is 7. The lowest BCUT2D eigenvalue weighted by Crippen LogP contribution is -2.49. The van der Waals surface area contributed by atoms with E-state index in [0.717, 1.165) is 49.5 Å². The van der Waals surface area contributed by atoms with Gasteiger partial charge in [0.25, 0.3) is 5.91 Å². The van der Waals surface area contributed by atoms with E-state index in [1.807, 2.05) is 24.8 Å². The summed E-state index contributed by atoms with van der Waals surface area (Å²) in [6.07, 6.45) is 2.75. The highest BCUT2D eigenvalue weighted by Crippen LogP contribution is 2.23. The molecule has 1 aliphatic rings. The normalized spacial score (nSPS) is 15.2. The van der Waals surface area contributed by atoms with Crippen LogP contribution in [0.2, 0.25) is 0 Å². The fraction of sp³-hybridized carbons (Fsp3) is 0.500. The largest absolute Gasteiger partial charge is 0.383 e. The third kappa shape index (κ3) is 5.80. The molecular formula is C22H30N4O4S. The molecule has 168 valence electrons. The van der Waals surface area contributed by atoms with Gasteiger partial charge in [-0.15, -0.1) is 0 Å². The van der Waals surface area contributed by atoms with Gasteiger partial charge in [-0.25, -0.2) is 18.4 Å². The molecule has 0 unspecified atom stereocenters. The van der Waals surface area contributed by atoms with Crippen LogP contribution in [-0.2, 0) is 14.6 Å². The molecule has 0 radical (unpaired) electrons. The number of benzene rings is 1. The van der Waals surface area contributed by atoms with Crippen LogP contribution in [-0.4, -0.2) is 74.8 Å². The smallest absolute Gasteiger partial charge is 0.254 e. The summed E-state index contributed by atoms with van der Waals surface area (Å²) >= 11 is 0. The number of amides is 1. The zero-order chi connectivity index (χ0) is 22.6. The van der Waals surface area contributed by atoms with Gasteiger partial charge in [-0.3, -0.25) is 4.79 Å². The minimum absolute atomic E-state index is 0.0689. The average Bonchev–Trinajstić information content (AvgIpc) is 2.73. The second-order valence-corrected chi connectivity index (χ2v) is 9.97. The lowest BCUT2D eigenvalue weighted by molar-refractivity contribution is 0.0568. The van der Waals surface area contributed by atoms with Gasteiger partial charge in [0.1, 0.15) is 0 Å². The standard InChI is InChI=1S/C22H30N4O4S/c1-16-15-17(2)24-22(23-16)25-11-9-19(10-12-25)26(13-14-30-3)21(27)18-5-7-20(8-6-18)31(4,28)29/h5-8,15,19H,9-14H2,1-4H3. The van der Waals surface area contributed by atoms with E-state index in [0.29, 0.717) is 18.7 Å². The Morgan fingerprint density at radius 1 is 1.13 bits per heavy atom. The molecule has 2 aromatic rings. The van der Waals surface area contributed by atoms with Crippen molar-refractivity contribution >= 4 is 21.7 Å². The van der Waals surface area contributed by atoms with E-state index in [4.69, 9.17) is 4.74 Å². The van der Waals surface area contributed by atoms with Crippen LogP contribution < -0.4 is 4.90 Å². The summed E-state index contributed by atoms with van der Waals surface area (Å²) in [5.41, 5.74) is 2.36. The van der Waals surface area contributed by atoms with E-state index in [1.165, 1.54) is 12.1 Å². The van der Waals surface area contributed by atoms with Crippen molar-refractivity contribution in [2.75, 3.05) is 44.5 Å². The molecule has 0 atom stereocenters. The zero-order valence-corrected chi connectivity index (χ0v) is 19.4. The molecule has 2 heterocycles. The molecule has 8 nitrogen and oxygen atoms in total. The Labute approximate surface area is 184 Å². The highest BCUT2D eigenvalue weighted by Gasteiger charge is 2.29. The molecule has 0 N–H and O–H groups in total. The Morgan fingerprint density at radius 3 is 2.23 bits per heavy atom. The van der Waals surface area contributed by atoms with Gasteiger partial charge in [-0.2, -0.15) is 0 Å². The number of nitrogens with zero attached hydrogens (tertiary/aromatic N) is 4. The van der Waals surface area contributed by atoms with Crippen molar-refractivity contribution in [1.82, 2.24) is 14.9 Å². The van der Waals surface area contributed by atoms with Crippen LogP contribution in [0.1, 0.15) is 34.6 Å². The van der Waals surface area contributed by atoms with E-state index < -0.39 is 9.84 Å². The minimum Gasteiger partial charge on any atom is -0.383 e. The molecule has 0 aliphatic carbocycles. The van der Waals surface area contributed by atoms with E-state index in [2.05, 4.69) is 14.9 Å². The summed E-state index contributed by atoms with van der Waals surface area (Å²) in [5.74, 6) is 0.625. The molecule has 1 aromatic carbocycles. The van der Waals surface area contributed by atoms with E-state index in [-0.39, 0.29) is 16.8 Å². The van der Waals surface area contributed by atoms with Crippen LogP contribution in [0.5, 0.6) is 0 Å². The minimum atomic E-state index is -3.30. The van der Waals surface area contributed by atoms with Crippen molar-refractivity contribution in [3.8, 4) is 0 Å². The molecule has 1 aromatic heterocycles. The molecule has 1 amide bonds. The Bertz CT molecular complexity index is 996. The Balaban J connectivity index is 1.73. The summed E-state index contributed by atoms with van der Waals surface area (Å²) in [7, 11) is -1.69. The SMILES string of the molecule is COCCN(C(=O)c1ccc(S(C)(=O)=O)cc1)C1CCN(c2nc(C)cc(C)n2)CC1. The summed E-state index contributed by atoms with van der Waals surface area (Å²) in [4.78, 5) is 26.6. The Hall–Kier alpha value is -2.52. The number of aryl methyl sites for hydroxylation is 2. The van der Waals surface area contributed by atoms with E-state index in [9.17, 15) is 13.2 Å². The maximum absolute atomic E-state index is 13.2. The van der Waals surface area contributed by atoms with E-state index in [1.54, 1.807) is 19.2 Å². The van der Waals surface area contributed by atoms with Crippen molar-refractivity contribution in [2.24, 2.45) is 0 Å². The third-order valence-electron chi connectivity index (χ3n) is 5.49. The van der Waals surface area contributed by atoms with Gasteiger partial charge in [-0.1, -0.05) is 0 Å². The number of ether oxygens (including phenoxy) is 1. The van der Waals surface area contributed by atoms with Crippen molar-refractivity contribution in [2.45, 2.75) is 37.6 Å². The number of piperidine rings is 1. The molecule has 9 heteroatoms. The second-order valence-electron chi connectivity index (χ2n) is 7.96. The molecule has 0 saturated carbocycles. The second kappa shape index (κ2) is 9.74. The summed E-state index contributed by atoms with van der Waals surface area (Å²) in [6, 6.07) is 8.15. The van der Waals surface area contributed by atoms with Crippen molar-refractivity contribution in [1.29, 1.82) is 0 Å². The monoisotopic (exact) mass is 446 g/mol. The van der Waals surface area contributed by atoms with Gasteiger partial charge in [0.2, 0.25) is 5.95 Å². The number of carbonyl (C=O) groups is 1. The molecule has 1 fully saturated rings. The van der Waals surface area contributed by atoms with Crippen molar-refractivity contribution in [3.63, 3.8) is 0 Å². The van der Waals surface area contributed by atoms with Crippen molar-refractivity contribution < 1.29 is 17.9 Å². The number of hydrogen-bond acceptors (Lipinski definition) is 7. The first kappa shape index (κ1) is 23.1. The maximum atomic E-state index is 13.2. The number of aromatic nitrogens is 2. The highest BCUT2D eigenvalue weighted by molar-refractivity contribution is 7.90. The topological polar surface area (TPSA) is 92.7 Å². The summed E-state index contributed by atoms with van der Waals surface area (Å²) in [5, 5.41) is 0. The summed E-state index contributed by atoms with van der Waals surface area (Å²) in [6.45, 7) is 6.37. The summed E-state index contributed by atoms with van der Waals surface area (Å²) < 4.78 is 28.6. The van der Waals surface area contributed by atoms with Gasteiger partial charge >= 0.3 is 0 Å². The molecular weight excluding hydrogens is 416 g/mol. The number of carbonyl (C=O) groups excluding carboxylic acids is 1. The van der Waals surface area contributed by atoms with Gasteiger partial charge < -0.3 is 14.5 Å². The van der Waals surface area contributed by atoms with Gasteiger partial charge in [0, 0.05) is 56.0 Å². The van der Waals surface area contributed by atoms with Gasteiger partial charge in [-0.05, 0) is 57.0 Å². The lowest BCUT2D eigenvalue weighted by atomic mass is 10.0. The molecule has 0 spiro atoms. The van der Waals surface area contributed by atoms with Gasteiger partial charge in [0.05, 0.1) is 11.5 Å². The number of methoxy groups -OCH3 is 1. The predicted octanol–water partition coefficient (Wildman–Crippen LogP) is 2.25. The Kier molecular flexibility index (Phi) is 7.27. The first-order valence-electron chi connectivity index (χ1n) is 10.4. The fourth-order valence-electron chi connectivity index (χ4n) is 3.88. The van der Waals surface area contributed by atoms with Crippen LogP contribution in [0.3, 0.4) is 0 Å². The van der Waals surface area contributed by atoms with Crippen LogP contribution in [0.4, 0.5) is 5.95 Å². The van der Waals surface area contributed by atoms with Crippen LogP contribution in [0.15, 0.2) is 35.2 Å². The van der Waals surface area contributed by atoms with Crippen LogP contribution in [0.25, 0.3) is 0 Å². The zero-order valence-electron chi connectivity index (χ0n) is 18.5. The molecule has 0 bridgehead atoms. The van der Waals surface area contributed by atoms with E-state index >= 15 is 0 Å². The average molecular weight is 447 g/mol. The number of sulfone groups is 1. The molecule has 3 rings (SSSR count). The van der Waals surface area contributed by atoms with Crippen LogP contribution in [0, 0.1) is 13.8 Å². The van der Waals surface area contributed by atoms with Crippen LogP contribution >= 0.6 is 0 Å². The lowest BCUT2D eigenvalue weighted by Gasteiger charge is -2.38. The Morgan fingerprint density at radius 2 is 1.71 bits per heavy atom.